The normalized spacial score (nSPS) is 11.2. The Morgan fingerprint density at radius 1 is 1.50 bits per heavy atom. The molecule has 0 aliphatic carbocycles. The summed E-state index contributed by atoms with van der Waals surface area (Å²) >= 11 is 0. The van der Waals surface area contributed by atoms with Crippen molar-refractivity contribution in [2.24, 2.45) is 0 Å². The number of nitrogens with zero attached hydrogens (tertiary/aromatic N) is 2. The van der Waals surface area contributed by atoms with Crippen LogP contribution < -0.4 is 10.1 Å². The van der Waals surface area contributed by atoms with E-state index in [-0.39, 0.29) is 11.4 Å². The van der Waals surface area contributed by atoms with Crippen LogP contribution in [0.1, 0.15) is 25.2 Å². The molecule has 0 atom stereocenters. The van der Waals surface area contributed by atoms with Gasteiger partial charge in [-0.2, -0.15) is 4.57 Å². The topological polar surface area (TPSA) is 58.7 Å². The molecule has 2 rings (SSSR count). The summed E-state index contributed by atoms with van der Waals surface area (Å²) in [5.74, 6) is 0.683. The van der Waals surface area contributed by atoms with Gasteiger partial charge in [-0.15, -0.1) is 0 Å². The zero-order chi connectivity index (χ0) is 11.9. The van der Waals surface area contributed by atoms with Gasteiger partial charge in [0.05, 0.1) is 12.6 Å². The average molecular weight is 223 g/mol. The van der Waals surface area contributed by atoms with Gasteiger partial charge in [0, 0.05) is 4.57 Å². The maximum Gasteiger partial charge on any atom is 0.384 e. The van der Waals surface area contributed by atoms with Gasteiger partial charge in [0.2, 0.25) is 0 Å². The molecule has 2 aromatic rings. The molecule has 0 spiro atoms. The summed E-state index contributed by atoms with van der Waals surface area (Å²) in [5, 5.41) is 9.98. The van der Waals surface area contributed by atoms with E-state index in [1.54, 1.807) is 17.6 Å². The minimum absolute atomic E-state index is 0.0378. The van der Waals surface area contributed by atoms with Crippen molar-refractivity contribution >= 4 is 5.65 Å². The molecule has 0 aromatic carbocycles. The van der Waals surface area contributed by atoms with Gasteiger partial charge in [-0.1, -0.05) is 6.92 Å². The van der Waals surface area contributed by atoms with Crippen LogP contribution in [0.3, 0.4) is 0 Å². The molecule has 2 heterocycles. The first-order valence-corrected chi connectivity index (χ1v) is 5.37. The molecule has 0 radical (unpaired) electrons. The van der Waals surface area contributed by atoms with Crippen molar-refractivity contribution < 1.29 is 14.2 Å². The Labute approximate surface area is 92.5 Å². The fourth-order valence-corrected chi connectivity index (χ4v) is 1.90. The van der Waals surface area contributed by atoms with E-state index in [2.05, 4.69) is 0 Å². The highest BCUT2D eigenvalue weighted by molar-refractivity contribution is 5.34. The van der Waals surface area contributed by atoms with E-state index in [9.17, 15) is 9.90 Å². The molecule has 0 bridgehead atoms. The van der Waals surface area contributed by atoms with Crippen molar-refractivity contribution in [1.82, 2.24) is 4.57 Å². The minimum Gasteiger partial charge on any atom is -0.477 e. The van der Waals surface area contributed by atoms with Crippen LogP contribution in [-0.4, -0.2) is 9.68 Å². The van der Waals surface area contributed by atoms with Crippen LogP contribution in [0, 0.1) is 6.92 Å². The third kappa shape index (κ3) is 1.31. The molecule has 86 valence electrons. The Hall–Kier alpha value is -1.78. The summed E-state index contributed by atoms with van der Waals surface area (Å²) < 4.78 is 8.21. The van der Waals surface area contributed by atoms with Gasteiger partial charge in [-0.25, -0.2) is 4.79 Å². The Morgan fingerprint density at radius 3 is 2.75 bits per heavy atom. The van der Waals surface area contributed by atoms with Gasteiger partial charge in [-0.3, -0.25) is 4.52 Å². The Morgan fingerprint density at radius 2 is 2.19 bits per heavy atom. The summed E-state index contributed by atoms with van der Waals surface area (Å²) in [4.78, 5) is 12.0. The molecule has 0 saturated heterocycles. The predicted octanol–water partition coefficient (Wildman–Crippen LogP) is 0.776. The van der Waals surface area contributed by atoms with Gasteiger partial charge >= 0.3 is 11.2 Å². The molecule has 5 heteroatoms. The molecule has 2 aromatic heterocycles. The lowest BCUT2D eigenvalue weighted by atomic mass is 10.2. The number of rotatable bonds is 2. The van der Waals surface area contributed by atoms with Crippen LogP contribution in [-0.2, 0) is 13.0 Å². The Balaban J connectivity index is 2.99. The lowest BCUT2D eigenvalue weighted by Crippen LogP contribution is -2.40. The number of aryl methyl sites for hydroxylation is 2. The van der Waals surface area contributed by atoms with E-state index < -0.39 is 0 Å². The van der Waals surface area contributed by atoms with Gasteiger partial charge < -0.3 is 5.11 Å². The zero-order valence-corrected chi connectivity index (χ0v) is 9.65. The van der Waals surface area contributed by atoms with Crippen molar-refractivity contribution in [2.45, 2.75) is 33.7 Å². The van der Waals surface area contributed by atoms with E-state index in [1.165, 1.54) is 4.57 Å². The lowest BCUT2D eigenvalue weighted by molar-refractivity contribution is -0.678. The van der Waals surface area contributed by atoms with E-state index in [1.807, 2.05) is 13.8 Å². The van der Waals surface area contributed by atoms with E-state index >= 15 is 0 Å². The fourth-order valence-electron chi connectivity index (χ4n) is 1.90. The lowest BCUT2D eigenvalue weighted by Gasteiger charge is -2.02. The Kier molecular flexibility index (Phi) is 2.46. The largest absolute Gasteiger partial charge is 0.477 e. The van der Waals surface area contributed by atoms with Crippen LogP contribution in [0.25, 0.3) is 5.65 Å². The third-order valence-corrected chi connectivity index (χ3v) is 2.69. The summed E-state index contributed by atoms with van der Waals surface area (Å²) in [5.41, 5.74) is 0.682. The fraction of sp³-hybridized carbons (Fsp3) is 0.455. The highest BCUT2D eigenvalue weighted by Crippen LogP contribution is 2.11. The zero-order valence-electron chi connectivity index (χ0n) is 9.65. The second kappa shape index (κ2) is 3.66. The molecular weight excluding hydrogens is 208 g/mol. The highest BCUT2D eigenvalue weighted by Gasteiger charge is 2.24. The van der Waals surface area contributed by atoms with E-state index in [0.717, 1.165) is 0 Å². The summed E-state index contributed by atoms with van der Waals surface area (Å²) in [6.45, 7) is 6.10. The van der Waals surface area contributed by atoms with Gasteiger partial charge in [0.15, 0.2) is 5.76 Å². The van der Waals surface area contributed by atoms with Crippen molar-refractivity contribution in [3.05, 3.63) is 27.7 Å². The minimum atomic E-state index is -0.284. The second-order valence-corrected chi connectivity index (χ2v) is 3.70. The molecule has 0 aliphatic heterocycles. The van der Waals surface area contributed by atoms with Crippen LogP contribution in [0.5, 0.6) is 5.88 Å². The summed E-state index contributed by atoms with van der Waals surface area (Å²) in [6, 6.07) is 1.74. The van der Waals surface area contributed by atoms with Crippen LogP contribution in [0.15, 0.2) is 15.4 Å². The van der Waals surface area contributed by atoms with Crippen LogP contribution in [0.2, 0.25) is 0 Å². The number of fused-ring (bicyclic) bond motifs is 1. The monoisotopic (exact) mass is 223 g/mol. The average Bonchev–Trinajstić information content (AvgIpc) is 2.62. The third-order valence-electron chi connectivity index (χ3n) is 2.69. The van der Waals surface area contributed by atoms with Gasteiger partial charge in [0.25, 0.3) is 5.88 Å². The van der Waals surface area contributed by atoms with Crippen molar-refractivity contribution in [3.8, 4) is 5.88 Å². The summed E-state index contributed by atoms with van der Waals surface area (Å²) in [6.07, 6.45) is 0.480. The standard InChI is InChI=1S/C11H14N2O3/c1-4-8-10(14)12(5-2)9-6-7(3)16-13(9)11(8)15/h6H,4-5H2,1-3H3/p+1. The van der Waals surface area contributed by atoms with Crippen molar-refractivity contribution in [3.63, 3.8) is 0 Å². The molecular formula is C11H15N2O3+. The maximum absolute atomic E-state index is 12.0. The van der Waals surface area contributed by atoms with E-state index in [0.29, 0.717) is 29.9 Å². The molecule has 0 aliphatic rings. The molecule has 1 N–H and O–H groups in total. The molecule has 0 amide bonds. The van der Waals surface area contributed by atoms with E-state index in [4.69, 9.17) is 4.52 Å². The number of aromatic hydroxyl groups is 1. The first kappa shape index (κ1) is 10.7. The number of aromatic nitrogens is 2. The molecule has 0 saturated carbocycles. The first-order valence-electron chi connectivity index (χ1n) is 5.37. The van der Waals surface area contributed by atoms with Gasteiger partial charge in [0.1, 0.15) is 5.56 Å². The first-order chi connectivity index (χ1) is 7.60. The molecule has 16 heavy (non-hydrogen) atoms. The van der Waals surface area contributed by atoms with Crippen molar-refractivity contribution in [2.75, 3.05) is 0 Å². The van der Waals surface area contributed by atoms with Crippen LogP contribution >= 0.6 is 0 Å². The number of hydrogen-bond acceptors (Lipinski definition) is 3. The quantitative estimate of drug-likeness (QED) is 0.765. The SMILES string of the molecule is CCc1c(O)[n+](CC)c2cc(C)on2c1=O. The highest BCUT2D eigenvalue weighted by atomic mass is 16.5. The van der Waals surface area contributed by atoms with Gasteiger partial charge in [-0.05, 0) is 20.3 Å². The maximum atomic E-state index is 12.0. The predicted molar refractivity (Wildman–Crippen MR) is 57.6 cm³/mol. The molecule has 5 nitrogen and oxygen atoms in total. The smallest absolute Gasteiger partial charge is 0.384 e. The van der Waals surface area contributed by atoms with Crippen LogP contribution in [0.4, 0.5) is 0 Å². The summed E-state index contributed by atoms with van der Waals surface area (Å²) in [7, 11) is 0. The Bertz CT molecular complexity index is 595. The molecule has 0 unspecified atom stereocenters. The molecule has 0 fully saturated rings. The number of hydrogen-bond donors (Lipinski definition) is 1. The van der Waals surface area contributed by atoms with Crippen molar-refractivity contribution in [1.29, 1.82) is 0 Å². The second-order valence-electron chi connectivity index (χ2n) is 3.70.